The van der Waals surface area contributed by atoms with Crippen LogP contribution in [0.5, 0.6) is 0 Å². The highest BCUT2D eigenvalue weighted by atomic mass is 16.2. The van der Waals surface area contributed by atoms with Crippen molar-refractivity contribution in [3.05, 3.63) is 36.8 Å². The lowest BCUT2D eigenvalue weighted by molar-refractivity contribution is -0.123. The summed E-state index contributed by atoms with van der Waals surface area (Å²) in [6.45, 7) is 3.90. The number of nitrogens with zero attached hydrogens (tertiary/aromatic N) is 1. The van der Waals surface area contributed by atoms with Crippen molar-refractivity contribution in [3.8, 4) is 0 Å². The lowest BCUT2D eigenvalue weighted by atomic mass is 9.88. The number of amides is 1. The molecular formula is C15H20NO. The Labute approximate surface area is 104 Å². The minimum atomic E-state index is 0.224. The van der Waals surface area contributed by atoms with E-state index in [1.165, 1.54) is 19.3 Å². The zero-order chi connectivity index (χ0) is 12.3. The molecule has 0 N–H and O–H groups in total. The third-order valence-corrected chi connectivity index (χ3v) is 3.58. The van der Waals surface area contributed by atoms with Gasteiger partial charge in [0.05, 0.1) is 0 Å². The van der Waals surface area contributed by atoms with E-state index in [1.54, 1.807) is 4.90 Å². The molecule has 0 aliphatic heterocycles. The van der Waals surface area contributed by atoms with Gasteiger partial charge in [-0.25, -0.2) is 0 Å². The van der Waals surface area contributed by atoms with Gasteiger partial charge in [0.1, 0.15) is 0 Å². The van der Waals surface area contributed by atoms with Crippen molar-refractivity contribution in [1.29, 1.82) is 0 Å². The van der Waals surface area contributed by atoms with Gasteiger partial charge in [-0.05, 0) is 37.5 Å². The Hall–Kier alpha value is -1.31. The van der Waals surface area contributed by atoms with Crippen molar-refractivity contribution in [1.82, 2.24) is 0 Å². The van der Waals surface area contributed by atoms with Gasteiger partial charge in [-0.2, -0.15) is 0 Å². The van der Waals surface area contributed by atoms with E-state index in [2.05, 4.69) is 6.92 Å². The molecule has 1 aliphatic carbocycles. The Morgan fingerprint density at radius 2 is 2.00 bits per heavy atom. The Morgan fingerprint density at radius 1 is 1.29 bits per heavy atom. The van der Waals surface area contributed by atoms with Crippen molar-refractivity contribution in [2.45, 2.75) is 32.1 Å². The fourth-order valence-corrected chi connectivity index (χ4v) is 2.52. The van der Waals surface area contributed by atoms with Gasteiger partial charge < -0.3 is 4.90 Å². The third kappa shape index (κ3) is 2.87. The summed E-state index contributed by atoms with van der Waals surface area (Å²) in [4.78, 5) is 14.1. The lowest BCUT2D eigenvalue weighted by Crippen LogP contribution is -2.33. The third-order valence-electron chi connectivity index (χ3n) is 3.58. The van der Waals surface area contributed by atoms with Crippen LogP contribution in [0.2, 0.25) is 0 Å². The molecule has 0 bridgehead atoms. The normalized spacial score (nSPS) is 16.8. The second-order valence-electron chi connectivity index (χ2n) is 4.90. The van der Waals surface area contributed by atoms with Crippen LogP contribution in [0.1, 0.15) is 37.7 Å². The molecule has 0 unspecified atom stereocenters. The maximum Gasteiger partial charge on any atom is 0.229 e. The maximum absolute atomic E-state index is 12.3. The first-order chi connectivity index (χ1) is 8.18. The topological polar surface area (TPSA) is 20.3 Å². The van der Waals surface area contributed by atoms with E-state index in [0.29, 0.717) is 0 Å². The van der Waals surface area contributed by atoms with Gasteiger partial charge >= 0.3 is 0 Å². The summed E-state index contributed by atoms with van der Waals surface area (Å²) in [5.74, 6) is 0.484. The number of benzene rings is 1. The molecule has 1 aromatic rings. The Balaban J connectivity index is 2.08. The van der Waals surface area contributed by atoms with Crippen LogP contribution in [0.15, 0.2) is 24.3 Å². The van der Waals surface area contributed by atoms with Crippen LogP contribution >= 0.6 is 0 Å². The Morgan fingerprint density at radius 3 is 2.65 bits per heavy atom. The second kappa shape index (κ2) is 5.35. The van der Waals surface area contributed by atoms with E-state index < -0.39 is 0 Å². The van der Waals surface area contributed by atoms with Crippen molar-refractivity contribution in [2.75, 3.05) is 11.9 Å². The second-order valence-corrected chi connectivity index (χ2v) is 4.90. The average molecular weight is 230 g/mol. The molecular weight excluding hydrogens is 210 g/mol. The maximum atomic E-state index is 12.3. The summed E-state index contributed by atoms with van der Waals surface area (Å²) in [7, 11) is 1.87. The van der Waals surface area contributed by atoms with Gasteiger partial charge in [-0.15, -0.1) is 0 Å². The minimum absolute atomic E-state index is 0.224. The highest BCUT2D eigenvalue weighted by molar-refractivity contribution is 5.94. The summed E-state index contributed by atoms with van der Waals surface area (Å²) in [5.41, 5.74) is 1.90. The van der Waals surface area contributed by atoms with Crippen LogP contribution < -0.4 is 4.90 Å². The van der Waals surface area contributed by atoms with Crippen LogP contribution in [-0.2, 0) is 4.79 Å². The fraction of sp³-hybridized carbons (Fsp3) is 0.467. The first kappa shape index (κ1) is 12.2. The zero-order valence-corrected chi connectivity index (χ0v) is 10.5. The summed E-state index contributed by atoms with van der Waals surface area (Å²) in [6.07, 6.45) is 5.77. The molecule has 2 heteroatoms. The molecule has 0 saturated heterocycles. The number of hydrogen-bond donors (Lipinski definition) is 0. The molecule has 1 aliphatic rings. The fourth-order valence-electron chi connectivity index (χ4n) is 2.52. The van der Waals surface area contributed by atoms with Gasteiger partial charge in [-0.3, -0.25) is 4.79 Å². The van der Waals surface area contributed by atoms with Crippen LogP contribution in [0.3, 0.4) is 0 Å². The number of hydrogen-bond acceptors (Lipinski definition) is 1. The summed E-state index contributed by atoms with van der Waals surface area (Å²) in [5, 5.41) is 0. The van der Waals surface area contributed by atoms with Gasteiger partial charge in [0.2, 0.25) is 5.91 Å². The predicted octanol–water partition coefficient (Wildman–Crippen LogP) is 3.41. The summed E-state index contributed by atoms with van der Waals surface area (Å²) >= 11 is 0. The minimum Gasteiger partial charge on any atom is -0.315 e. The lowest BCUT2D eigenvalue weighted by Gasteiger charge is -2.26. The highest BCUT2D eigenvalue weighted by Gasteiger charge is 2.24. The molecule has 0 spiro atoms. The molecule has 1 aromatic carbocycles. The molecule has 0 aromatic heterocycles. The van der Waals surface area contributed by atoms with Crippen LogP contribution in [0.25, 0.3) is 0 Å². The Kier molecular flexibility index (Phi) is 3.82. The highest BCUT2D eigenvalue weighted by Crippen LogP contribution is 2.27. The smallest absolute Gasteiger partial charge is 0.229 e. The Bertz CT molecular complexity index is 394. The van der Waals surface area contributed by atoms with E-state index in [9.17, 15) is 4.79 Å². The zero-order valence-electron chi connectivity index (χ0n) is 10.5. The standard InChI is InChI=1S/C15H20NO/c1-12-7-6-10-14(11-12)16(2)15(17)13-8-4-3-5-9-13/h6-7,10-11,13H,1,3-5,8-9H2,2H3. The number of anilines is 1. The number of carbonyl (C=O) groups excluding carboxylic acids is 1. The molecule has 2 nitrogen and oxygen atoms in total. The van der Waals surface area contributed by atoms with Crippen molar-refractivity contribution < 1.29 is 4.79 Å². The van der Waals surface area contributed by atoms with E-state index in [0.717, 1.165) is 24.1 Å². The van der Waals surface area contributed by atoms with Gasteiger partial charge in [0.15, 0.2) is 0 Å². The van der Waals surface area contributed by atoms with Crippen LogP contribution in [0, 0.1) is 12.8 Å². The van der Waals surface area contributed by atoms with Gasteiger partial charge in [-0.1, -0.05) is 31.4 Å². The molecule has 1 radical (unpaired) electrons. The van der Waals surface area contributed by atoms with Crippen molar-refractivity contribution in [3.63, 3.8) is 0 Å². The molecule has 2 rings (SSSR count). The number of rotatable bonds is 2. The van der Waals surface area contributed by atoms with Crippen molar-refractivity contribution >= 4 is 11.6 Å². The molecule has 91 valence electrons. The summed E-state index contributed by atoms with van der Waals surface area (Å²) in [6, 6.07) is 7.82. The molecule has 0 heterocycles. The SMILES string of the molecule is [CH2]c1cccc(N(C)C(=O)C2CCCCC2)c1. The largest absolute Gasteiger partial charge is 0.315 e. The van der Waals surface area contributed by atoms with Gasteiger partial charge in [0, 0.05) is 18.7 Å². The molecule has 0 atom stereocenters. The number of carbonyl (C=O) groups is 1. The monoisotopic (exact) mass is 230 g/mol. The molecule has 1 amide bonds. The van der Waals surface area contributed by atoms with Crippen LogP contribution in [0.4, 0.5) is 5.69 Å². The molecule has 1 fully saturated rings. The first-order valence-electron chi connectivity index (χ1n) is 6.38. The average Bonchev–Trinajstić information content (AvgIpc) is 2.38. The first-order valence-corrected chi connectivity index (χ1v) is 6.38. The quantitative estimate of drug-likeness (QED) is 0.762. The van der Waals surface area contributed by atoms with Crippen molar-refractivity contribution in [2.24, 2.45) is 5.92 Å². The van der Waals surface area contributed by atoms with E-state index >= 15 is 0 Å². The summed E-state index contributed by atoms with van der Waals surface area (Å²) < 4.78 is 0. The van der Waals surface area contributed by atoms with Crippen LogP contribution in [-0.4, -0.2) is 13.0 Å². The van der Waals surface area contributed by atoms with E-state index in [-0.39, 0.29) is 11.8 Å². The molecule has 1 saturated carbocycles. The van der Waals surface area contributed by atoms with E-state index in [1.807, 2.05) is 31.3 Å². The van der Waals surface area contributed by atoms with Gasteiger partial charge in [0.25, 0.3) is 0 Å². The van der Waals surface area contributed by atoms with E-state index in [4.69, 9.17) is 0 Å². The molecule has 17 heavy (non-hydrogen) atoms. The predicted molar refractivity (Wildman–Crippen MR) is 70.9 cm³/mol.